The van der Waals surface area contributed by atoms with E-state index in [9.17, 15) is 9.59 Å². The number of rotatable bonds is 3. The normalized spacial score (nSPS) is 21.9. The average molecular weight is 227 g/mol. The predicted octanol–water partition coefficient (Wildman–Crippen LogP) is -0.439. The molecule has 1 saturated heterocycles. The van der Waals surface area contributed by atoms with Crippen LogP contribution in [0.25, 0.3) is 0 Å². The van der Waals surface area contributed by atoms with Crippen LogP contribution in [0, 0.1) is 0 Å². The maximum absolute atomic E-state index is 11.5. The van der Waals surface area contributed by atoms with Crippen LogP contribution < -0.4 is 5.32 Å². The molecule has 2 aliphatic rings. The summed E-state index contributed by atoms with van der Waals surface area (Å²) in [5.74, 6) is -1.01. The number of carbonyl (C=O) groups is 2. The zero-order valence-corrected chi connectivity index (χ0v) is 9.19. The van der Waals surface area contributed by atoms with Gasteiger partial charge in [0.15, 0.2) is 0 Å². The van der Waals surface area contributed by atoms with Gasteiger partial charge in [0.25, 0.3) is 0 Å². The smallest absolute Gasteiger partial charge is 0.323 e. The fraction of sp³-hybridized carbons (Fsp3) is 0.800. The molecule has 0 radical (unpaired) electrons. The number of carbonyl (C=O) groups excluding carboxylic acids is 1. The van der Waals surface area contributed by atoms with Crippen molar-refractivity contribution >= 4 is 12.0 Å². The van der Waals surface area contributed by atoms with Crippen molar-refractivity contribution in [3.05, 3.63) is 0 Å². The highest BCUT2D eigenvalue weighted by atomic mass is 16.4. The Kier molecular flexibility index (Phi) is 3.28. The van der Waals surface area contributed by atoms with Gasteiger partial charge >= 0.3 is 12.0 Å². The number of hydrogen-bond donors (Lipinski definition) is 2. The highest BCUT2D eigenvalue weighted by molar-refractivity contribution is 5.80. The maximum atomic E-state index is 11.5. The Morgan fingerprint density at radius 1 is 1.19 bits per heavy atom. The third-order valence-electron chi connectivity index (χ3n) is 3.06. The van der Waals surface area contributed by atoms with Crippen LogP contribution >= 0.6 is 0 Å². The van der Waals surface area contributed by atoms with E-state index in [1.165, 1.54) is 12.8 Å². The van der Waals surface area contributed by atoms with Gasteiger partial charge in [0, 0.05) is 32.2 Å². The van der Waals surface area contributed by atoms with Gasteiger partial charge in [-0.15, -0.1) is 0 Å². The average Bonchev–Trinajstić information content (AvgIpc) is 3.10. The summed E-state index contributed by atoms with van der Waals surface area (Å²) in [6.45, 7) is 2.90. The lowest BCUT2D eigenvalue weighted by Gasteiger charge is -2.34. The lowest BCUT2D eigenvalue weighted by molar-refractivity contribution is -0.135. The fourth-order valence-corrected chi connectivity index (χ4v) is 1.99. The summed E-state index contributed by atoms with van der Waals surface area (Å²) >= 11 is 0. The Bertz CT molecular complexity index is 283. The van der Waals surface area contributed by atoms with Gasteiger partial charge in [0.2, 0.25) is 0 Å². The molecular formula is C10H17N3O3. The van der Waals surface area contributed by atoms with Crippen LogP contribution in [-0.4, -0.2) is 65.7 Å². The van der Waals surface area contributed by atoms with Crippen molar-refractivity contribution in [2.45, 2.75) is 18.9 Å². The number of hydrogen-bond acceptors (Lipinski definition) is 3. The molecule has 1 heterocycles. The van der Waals surface area contributed by atoms with Crippen molar-refractivity contribution < 1.29 is 14.7 Å². The van der Waals surface area contributed by atoms with Gasteiger partial charge in [-0.25, -0.2) is 4.79 Å². The van der Waals surface area contributed by atoms with E-state index in [1.807, 2.05) is 0 Å². The first-order valence-electron chi connectivity index (χ1n) is 5.65. The number of nitrogens with zero attached hydrogens (tertiary/aromatic N) is 2. The molecule has 16 heavy (non-hydrogen) atoms. The Balaban J connectivity index is 1.70. The Morgan fingerprint density at radius 2 is 1.81 bits per heavy atom. The first kappa shape index (κ1) is 11.2. The van der Waals surface area contributed by atoms with E-state index < -0.39 is 5.97 Å². The van der Waals surface area contributed by atoms with Crippen molar-refractivity contribution in [2.75, 3.05) is 32.7 Å². The van der Waals surface area contributed by atoms with E-state index >= 15 is 0 Å². The van der Waals surface area contributed by atoms with Crippen LogP contribution in [0.5, 0.6) is 0 Å². The van der Waals surface area contributed by atoms with Crippen molar-refractivity contribution in [3.63, 3.8) is 0 Å². The van der Waals surface area contributed by atoms with Crippen LogP contribution in [0.3, 0.4) is 0 Å². The number of carboxylic acids is 1. The molecule has 1 aliphatic heterocycles. The summed E-state index contributed by atoms with van der Waals surface area (Å²) in [4.78, 5) is 25.9. The monoisotopic (exact) mass is 227 g/mol. The number of urea groups is 1. The van der Waals surface area contributed by atoms with Crippen LogP contribution in [0.15, 0.2) is 0 Å². The second kappa shape index (κ2) is 4.69. The standard InChI is InChI=1S/C10H17N3O3/c14-9(15)7-11-10(16)13-5-3-12(4-6-13)8-1-2-8/h8H,1-7H2,(H,11,16)(H,14,15). The summed E-state index contributed by atoms with van der Waals surface area (Å²) < 4.78 is 0. The second-order valence-electron chi connectivity index (χ2n) is 4.31. The molecule has 2 amide bonds. The number of aliphatic carboxylic acids is 1. The van der Waals surface area contributed by atoms with Crippen molar-refractivity contribution in [1.82, 2.24) is 15.1 Å². The van der Waals surface area contributed by atoms with Gasteiger partial charge in [-0.3, -0.25) is 9.69 Å². The molecule has 0 atom stereocenters. The topological polar surface area (TPSA) is 72.9 Å². The van der Waals surface area contributed by atoms with Crippen LogP contribution in [0.4, 0.5) is 4.79 Å². The molecule has 0 aromatic carbocycles. The van der Waals surface area contributed by atoms with Gasteiger partial charge in [-0.05, 0) is 12.8 Å². The molecule has 1 aliphatic carbocycles. The Labute approximate surface area is 94.2 Å². The highest BCUT2D eigenvalue weighted by Crippen LogP contribution is 2.27. The van der Waals surface area contributed by atoms with Gasteiger partial charge in [0.1, 0.15) is 6.54 Å². The SMILES string of the molecule is O=C(O)CNC(=O)N1CCN(C2CC2)CC1. The molecule has 2 rings (SSSR count). The Morgan fingerprint density at radius 3 is 2.31 bits per heavy atom. The van der Waals surface area contributed by atoms with Crippen molar-refractivity contribution in [3.8, 4) is 0 Å². The van der Waals surface area contributed by atoms with Gasteiger partial charge in [0.05, 0.1) is 0 Å². The van der Waals surface area contributed by atoms with Crippen LogP contribution in [0.1, 0.15) is 12.8 Å². The number of nitrogens with one attached hydrogen (secondary N) is 1. The summed E-state index contributed by atoms with van der Waals surface area (Å²) in [6.07, 6.45) is 2.57. The second-order valence-corrected chi connectivity index (χ2v) is 4.31. The summed E-state index contributed by atoms with van der Waals surface area (Å²) in [5, 5.41) is 10.8. The molecular weight excluding hydrogens is 210 g/mol. The van der Waals surface area contributed by atoms with Gasteiger partial charge < -0.3 is 15.3 Å². The van der Waals surface area contributed by atoms with E-state index in [4.69, 9.17) is 5.11 Å². The molecule has 90 valence electrons. The van der Waals surface area contributed by atoms with E-state index in [0.717, 1.165) is 19.1 Å². The molecule has 0 aromatic rings. The van der Waals surface area contributed by atoms with Crippen molar-refractivity contribution in [2.24, 2.45) is 0 Å². The minimum atomic E-state index is -1.01. The van der Waals surface area contributed by atoms with E-state index in [2.05, 4.69) is 10.2 Å². The minimum absolute atomic E-state index is 0.266. The quantitative estimate of drug-likeness (QED) is 0.685. The first-order chi connectivity index (χ1) is 7.66. The van der Waals surface area contributed by atoms with E-state index in [0.29, 0.717) is 13.1 Å². The molecule has 0 bridgehead atoms. The maximum Gasteiger partial charge on any atom is 0.323 e. The molecule has 0 unspecified atom stereocenters. The minimum Gasteiger partial charge on any atom is -0.480 e. The van der Waals surface area contributed by atoms with Crippen molar-refractivity contribution in [1.29, 1.82) is 0 Å². The number of amides is 2. The lowest BCUT2D eigenvalue weighted by Crippen LogP contribution is -2.52. The zero-order valence-electron chi connectivity index (χ0n) is 9.19. The molecule has 2 fully saturated rings. The predicted molar refractivity (Wildman–Crippen MR) is 57.2 cm³/mol. The third-order valence-corrected chi connectivity index (χ3v) is 3.06. The van der Waals surface area contributed by atoms with Crippen LogP contribution in [-0.2, 0) is 4.79 Å². The lowest BCUT2D eigenvalue weighted by atomic mass is 10.3. The van der Waals surface area contributed by atoms with Gasteiger partial charge in [-0.1, -0.05) is 0 Å². The van der Waals surface area contributed by atoms with E-state index in [1.54, 1.807) is 4.90 Å². The molecule has 6 nitrogen and oxygen atoms in total. The molecule has 1 saturated carbocycles. The molecule has 0 aromatic heterocycles. The molecule has 6 heteroatoms. The molecule has 0 spiro atoms. The molecule has 2 N–H and O–H groups in total. The van der Waals surface area contributed by atoms with Gasteiger partial charge in [-0.2, -0.15) is 0 Å². The largest absolute Gasteiger partial charge is 0.480 e. The summed E-state index contributed by atoms with van der Waals surface area (Å²) in [5.41, 5.74) is 0. The van der Waals surface area contributed by atoms with E-state index in [-0.39, 0.29) is 12.6 Å². The highest BCUT2D eigenvalue weighted by Gasteiger charge is 2.32. The number of piperazine rings is 1. The third kappa shape index (κ3) is 2.85. The fourth-order valence-electron chi connectivity index (χ4n) is 1.99. The number of carboxylic acid groups (broad SMARTS) is 1. The zero-order chi connectivity index (χ0) is 11.5. The summed E-state index contributed by atoms with van der Waals surface area (Å²) in [6, 6.07) is 0.474. The first-order valence-corrected chi connectivity index (χ1v) is 5.65. The van der Waals surface area contributed by atoms with Crippen LogP contribution in [0.2, 0.25) is 0 Å². The Hall–Kier alpha value is -1.30. The summed E-state index contributed by atoms with van der Waals surface area (Å²) in [7, 11) is 0.